The number of carboxylic acid groups (broad SMARTS) is 1. The third-order valence-electron chi connectivity index (χ3n) is 4.22. The van der Waals surface area contributed by atoms with E-state index in [-0.39, 0.29) is 29.3 Å². The lowest BCUT2D eigenvalue weighted by atomic mass is 10.1. The lowest BCUT2D eigenvalue weighted by Gasteiger charge is -2.15. The number of benzene rings is 2. The maximum absolute atomic E-state index is 12.9. The van der Waals surface area contributed by atoms with E-state index in [4.69, 9.17) is 4.74 Å². The van der Waals surface area contributed by atoms with Crippen molar-refractivity contribution in [1.82, 2.24) is 0 Å². The van der Waals surface area contributed by atoms with Gasteiger partial charge in [-0.25, -0.2) is 4.79 Å². The first-order chi connectivity index (χ1) is 13.8. The first-order valence-electron chi connectivity index (χ1n) is 8.50. The average molecular weight is 433 g/mol. The van der Waals surface area contributed by atoms with Crippen LogP contribution in [-0.4, -0.2) is 17.0 Å². The second-order valence-electron chi connectivity index (χ2n) is 6.62. The van der Waals surface area contributed by atoms with Crippen LogP contribution in [0.2, 0.25) is 0 Å². The van der Waals surface area contributed by atoms with Crippen molar-refractivity contribution in [1.29, 1.82) is 0 Å². The van der Waals surface area contributed by atoms with Gasteiger partial charge in [0.1, 0.15) is 11.5 Å². The first kappa shape index (κ1) is 21.5. The smallest absolute Gasteiger partial charge is 0.416 e. The van der Waals surface area contributed by atoms with Crippen molar-refractivity contribution in [2.24, 2.45) is 5.92 Å². The molecule has 0 bridgehead atoms. The number of aromatic carboxylic acids is 1. The Morgan fingerprint density at radius 2 is 1.47 bits per heavy atom. The maximum atomic E-state index is 12.9. The standard InChI is InChI=1S/C19H13F6NO4/c20-18(21,22)10-5-11(19(23,24)25)7-13(6-10)30-12-3-4-15(14(8-12)17(28)29)26-16(27)9-1-2-9/h3-9H,1-2H2,(H,26,27)(H,28,29). The summed E-state index contributed by atoms with van der Waals surface area (Å²) in [6, 6.07) is 3.88. The number of rotatable bonds is 5. The molecule has 0 spiro atoms. The molecule has 11 heteroatoms. The van der Waals surface area contributed by atoms with E-state index in [9.17, 15) is 41.0 Å². The molecule has 1 amide bonds. The van der Waals surface area contributed by atoms with Crippen molar-refractivity contribution in [3.63, 3.8) is 0 Å². The summed E-state index contributed by atoms with van der Waals surface area (Å²) >= 11 is 0. The van der Waals surface area contributed by atoms with E-state index in [1.807, 2.05) is 0 Å². The zero-order valence-electron chi connectivity index (χ0n) is 14.9. The SMILES string of the molecule is O=C(O)c1cc(Oc2cc(C(F)(F)F)cc(C(F)(F)F)c2)ccc1NC(=O)C1CC1. The molecule has 160 valence electrons. The molecule has 1 aliphatic rings. The van der Waals surface area contributed by atoms with Crippen LogP contribution in [0.5, 0.6) is 11.5 Å². The highest BCUT2D eigenvalue weighted by molar-refractivity contribution is 6.02. The van der Waals surface area contributed by atoms with Gasteiger partial charge in [-0.15, -0.1) is 0 Å². The number of hydrogen-bond donors (Lipinski definition) is 2. The molecule has 0 aromatic heterocycles. The molecule has 0 saturated heterocycles. The molecular formula is C19H13F6NO4. The zero-order valence-corrected chi connectivity index (χ0v) is 14.9. The molecule has 0 aliphatic heterocycles. The fraction of sp³-hybridized carbons (Fsp3) is 0.263. The molecular weight excluding hydrogens is 420 g/mol. The van der Waals surface area contributed by atoms with Gasteiger partial charge in [0.2, 0.25) is 5.91 Å². The van der Waals surface area contributed by atoms with Gasteiger partial charge < -0.3 is 15.2 Å². The van der Waals surface area contributed by atoms with E-state index >= 15 is 0 Å². The summed E-state index contributed by atoms with van der Waals surface area (Å²) in [6.07, 6.45) is -8.76. The second kappa shape index (κ2) is 7.54. The third kappa shape index (κ3) is 5.02. The number of hydrogen-bond acceptors (Lipinski definition) is 3. The van der Waals surface area contributed by atoms with E-state index < -0.39 is 40.8 Å². The van der Waals surface area contributed by atoms with E-state index in [0.29, 0.717) is 25.0 Å². The normalized spacial score (nSPS) is 14.3. The second-order valence-corrected chi connectivity index (χ2v) is 6.62. The minimum Gasteiger partial charge on any atom is -0.478 e. The molecule has 1 saturated carbocycles. The molecule has 30 heavy (non-hydrogen) atoms. The average Bonchev–Trinajstić information content (AvgIpc) is 3.46. The van der Waals surface area contributed by atoms with Crippen LogP contribution in [0.15, 0.2) is 36.4 Å². The monoisotopic (exact) mass is 433 g/mol. The van der Waals surface area contributed by atoms with Crippen molar-refractivity contribution in [2.75, 3.05) is 5.32 Å². The van der Waals surface area contributed by atoms with Crippen molar-refractivity contribution < 1.29 is 45.8 Å². The molecule has 0 heterocycles. The van der Waals surface area contributed by atoms with Gasteiger partial charge in [-0.2, -0.15) is 26.3 Å². The Morgan fingerprint density at radius 1 is 0.900 bits per heavy atom. The van der Waals surface area contributed by atoms with Crippen LogP contribution in [0, 0.1) is 5.92 Å². The Balaban J connectivity index is 1.94. The zero-order chi connectivity index (χ0) is 22.3. The highest BCUT2D eigenvalue weighted by Crippen LogP contribution is 2.39. The largest absolute Gasteiger partial charge is 0.478 e. The Labute approximate surface area is 165 Å². The molecule has 0 radical (unpaired) electrons. The van der Waals surface area contributed by atoms with Gasteiger partial charge in [0, 0.05) is 5.92 Å². The number of carboxylic acids is 1. The fourth-order valence-corrected chi connectivity index (χ4v) is 2.57. The van der Waals surface area contributed by atoms with Gasteiger partial charge >= 0.3 is 18.3 Å². The summed E-state index contributed by atoms with van der Waals surface area (Å²) in [5.74, 6) is -3.15. The highest BCUT2D eigenvalue weighted by Gasteiger charge is 2.37. The topological polar surface area (TPSA) is 75.6 Å². The van der Waals surface area contributed by atoms with E-state index in [0.717, 1.165) is 18.2 Å². The molecule has 1 aliphatic carbocycles. The van der Waals surface area contributed by atoms with Gasteiger partial charge in [0.25, 0.3) is 0 Å². The van der Waals surface area contributed by atoms with Gasteiger partial charge in [0.15, 0.2) is 0 Å². The Morgan fingerprint density at radius 3 is 1.93 bits per heavy atom. The summed E-state index contributed by atoms with van der Waals surface area (Å²) in [6.45, 7) is 0. The Kier molecular flexibility index (Phi) is 5.40. The predicted octanol–water partition coefficient (Wildman–Crippen LogP) is 5.56. The lowest BCUT2D eigenvalue weighted by Crippen LogP contribution is -2.16. The number of alkyl halides is 6. The molecule has 2 aromatic carbocycles. The van der Waals surface area contributed by atoms with Gasteiger partial charge in [-0.3, -0.25) is 4.79 Å². The van der Waals surface area contributed by atoms with Crippen LogP contribution in [0.4, 0.5) is 32.0 Å². The van der Waals surface area contributed by atoms with Gasteiger partial charge in [0.05, 0.1) is 22.4 Å². The van der Waals surface area contributed by atoms with Gasteiger partial charge in [-0.05, 0) is 49.2 Å². The summed E-state index contributed by atoms with van der Waals surface area (Å²) in [5, 5.41) is 11.8. The molecule has 5 nitrogen and oxygen atoms in total. The first-order valence-corrected chi connectivity index (χ1v) is 8.50. The number of nitrogens with one attached hydrogen (secondary N) is 1. The van der Waals surface area contributed by atoms with Crippen molar-refractivity contribution >= 4 is 17.6 Å². The van der Waals surface area contributed by atoms with Crippen LogP contribution in [0.3, 0.4) is 0 Å². The number of carbonyl (C=O) groups excluding carboxylic acids is 1. The van der Waals surface area contributed by atoms with E-state index in [2.05, 4.69) is 5.32 Å². The summed E-state index contributed by atoms with van der Waals surface area (Å²) in [7, 11) is 0. The van der Waals surface area contributed by atoms with Crippen LogP contribution >= 0.6 is 0 Å². The van der Waals surface area contributed by atoms with Crippen LogP contribution in [0.1, 0.15) is 34.3 Å². The number of carbonyl (C=O) groups is 2. The lowest BCUT2D eigenvalue weighted by molar-refractivity contribution is -0.143. The van der Waals surface area contributed by atoms with Crippen LogP contribution in [0.25, 0.3) is 0 Å². The number of ether oxygens (including phenoxy) is 1. The summed E-state index contributed by atoms with van der Waals surface area (Å²) in [5.41, 5.74) is -3.63. The van der Waals surface area contributed by atoms with Crippen molar-refractivity contribution in [3.05, 3.63) is 53.1 Å². The highest BCUT2D eigenvalue weighted by atomic mass is 19.4. The van der Waals surface area contributed by atoms with E-state index in [1.165, 1.54) is 0 Å². The Bertz CT molecular complexity index is 963. The number of halogens is 6. The fourth-order valence-electron chi connectivity index (χ4n) is 2.57. The summed E-state index contributed by atoms with van der Waals surface area (Å²) in [4.78, 5) is 23.3. The molecule has 2 N–H and O–H groups in total. The summed E-state index contributed by atoms with van der Waals surface area (Å²) < 4.78 is 82.8. The minimum atomic E-state index is -5.05. The quantitative estimate of drug-likeness (QED) is 0.605. The van der Waals surface area contributed by atoms with E-state index in [1.54, 1.807) is 0 Å². The molecule has 0 atom stereocenters. The van der Waals surface area contributed by atoms with Gasteiger partial charge in [-0.1, -0.05) is 0 Å². The van der Waals surface area contributed by atoms with Crippen molar-refractivity contribution in [2.45, 2.75) is 25.2 Å². The maximum Gasteiger partial charge on any atom is 0.416 e. The number of amides is 1. The molecule has 0 unspecified atom stereocenters. The van der Waals surface area contributed by atoms with Crippen LogP contribution in [-0.2, 0) is 17.1 Å². The molecule has 1 fully saturated rings. The minimum absolute atomic E-state index is 0.0496. The predicted molar refractivity (Wildman–Crippen MR) is 91.3 cm³/mol. The van der Waals surface area contributed by atoms with Crippen LogP contribution < -0.4 is 10.1 Å². The number of anilines is 1. The third-order valence-corrected chi connectivity index (χ3v) is 4.22. The van der Waals surface area contributed by atoms with Crippen molar-refractivity contribution in [3.8, 4) is 11.5 Å². The Hall–Kier alpha value is -3.24. The molecule has 3 rings (SSSR count). The molecule has 2 aromatic rings.